The van der Waals surface area contributed by atoms with Gasteiger partial charge in [-0.2, -0.15) is 0 Å². The van der Waals surface area contributed by atoms with E-state index < -0.39 is 0 Å². The third-order valence-electron chi connectivity index (χ3n) is 5.16. The predicted octanol–water partition coefficient (Wildman–Crippen LogP) is 4.56. The fraction of sp³-hybridized carbons (Fsp3) is 0.261. The van der Waals surface area contributed by atoms with Crippen molar-refractivity contribution in [1.29, 1.82) is 0 Å². The Morgan fingerprint density at radius 3 is 2.69 bits per heavy atom. The third kappa shape index (κ3) is 3.78. The van der Waals surface area contributed by atoms with Crippen LogP contribution in [0.1, 0.15) is 40.9 Å². The summed E-state index contributed by atoms with van der Waals surface area (Å²) in [4.78, 5) is 21.8. The molecule has 4 aromatic rings. The largest absolute Gasteiger partial charge is 0.328 e. The number of carbonyl (C=O) groups is 1. The van der Waals surface area contributed by atoms with Gasteiger partial charge in [-0.25, -0.2) is 9.97 Å². The van der Waals surface area contributed by atoms with Crippen molar-refractivity contribution in [3.63, 3.8) is 0 Å². The number of aryl methyl sites for hydroxylation is 3. The summed E-state index contributed by atoms with van der Waals surface area (Å²) < 4.78 is 4.34. The van der Waals surface area contributed by atoms with Crippen LogP contribution in [0.4, 0.5) is 5.69 Å². The van der Waals surface area contributed by atoms with Crippen molar-refractivity contribution >= 4 is 22.6 Å². The molecule has 2 aromatic carbocycles. The maximum absolute atomic E-state index is 12.6. The van der Waals surface area contributed by atoms with Crippen LogP contribution in [0.2, 0.25) is 0 Å². The van der Waals surface area contributed by atoms with E-state index in [-0.39, 0.29) is 5.91 Å². The maximum Gasteiger partial charge on any atom is 0.255 e. The van der Waals surface area contributed by atoms with Crippen molar-refractivity contribution < 1.29 is 4.79 Å². The number of benzene rings is 2. The van der Waals surface area contributed by atoms with E-state index in [1.54, 1.807) is 6.20 Å². The lowest BCUT2D eigenvalue weighted by atomic mass is 10.1. The molecule has 148 valence electrons. The summed E-state index contributed by atoms with van der Waals surface area (Å²) in [5, 5.41) is 3.00. The molecule has 1 N–H and O–H groups in total. The highest BCUT2D eigenvalue weighted by molar-refractivity contribution is 6.05. The van der Waals surface area contributed by atoms with Crippen LogP contribution in [-0.2, 0) is 13.1 Å². The van der Waals surface area contributed by atoms with Crippen LogP contribution in [0, 0.1) is 13.8 Å². The van der Waals surface area contributed by atoms with Crippen molar-refractivity contribution in [2.75, 3.05) is 5.32 Å². The van der Waals surface area contributed by atoms with E-state index in [4.69, 9.17) is 4.98 Å². The average Bonchev–Trinajstić information content (AvgIpc) is 3.26. The zero-order chi connectivity index (χ0) is 20.4. The number of fused-ring (bicyclic) bond motifs is 1. The van der Waals surface area contributed by atoms with Crippen LogP contribution < -0.4 is 5.32 Å². The zero-order valence-electron chi connectivity index (χ0n) is 17.0. The second kappa shape index (κ2) is 7.91. The van der Waals surface area contributed by atoms with Crippen molar-refractivity contribution in [3.05, 3.63) is 77.6 Å². The molecule has 6 heteroatoms. The summed E-state index contributed by atoms with van der Waals surface area (Å²) in [6, 6.07) is 13.5. The number of amides is 1. The molecule has 0 atom stereocenters. The molecule has 4 rings (SSSR count). The molecule has 0 saturated carbocycles. The number of imidazole rings is 2. The van der Waals surface area contributed by atoms with Gasteiger partial charge < -0.3 is 14.5 Å². The van der Waals surface area contributed by atoms with E-state index in [1.165, 1.54) is 0 Å². The van der Waals surface area contributed by atoms with Gasteiger partial charge in [0, 0.05) is 30.2 Å². The smallest absolute Gasteiger partial charge is 0.255 e. The Morgan fingerprint density at radius 2 is 1.97 bits per heavy atom. The Kier molecular flexibility index (Phi) is 5.16. The monoisotopic (exact) mass is 387 g/mol. The minimum absolute atomic E-state index is 0.107. The van der Waals surface area contributed by atoms with E-state index >= 15 is 0 Å². The average molecular weight is 387 g/mol. The molecule has 0 aliphatic heterocycles. The fourth-order valence-electron chi connectivity index (χ4n) is 3.60. The quantitative estimate of drug-likeness (QED) is 0.527. The van der Waals surface area contributed by atoms with E-state index in [0.29, 0.717) is 12.1 Å². The first-order valence-corrected chi connectivity index (χ1v) is 9.90. The number of hydrogen-bond donors (Lipinski definition) is 1. The third-order valence-corrected chi connectivity index (χ3v) is 5.16. The minimum atomic E-state index is -0.107. The van der Waals surface area contributed by atoms with Crippen molar-refractivity contribution in [3.8, 4) is 0 Å². The molecule has 0 unspecified atom stereocenters. The van der Waals surface area contributed by atoms with Gasteiger partial charge in [0.1, 0.15) is 11.6 Å². The minimum Gasteiger partial charge on any atom is -0.328 e. The molecule has 0 saturated heterocycles. The van der Waals surface area contributed by atoms with Crippen molar-refractivity contribution in [2.24, 2.45) is 0 Å². The van der Waals surface area contributed by atoms with Gasteiger partial charge in [-0.05, 0) is 50.1 Å². The topological polar surface area (TPSA) is 64.7 Å². The number of nitrogens with zero attached hydrogens (tertiary/aromatic N) is 4. The van der Waals surface area contributed by atoms with Gasteiger partial charge in [-0.15, -0.1) is 0 Å². The number of carbonyl (C=O) groups excluding carboxylic acids is 1. The molecule has 1 amide bonds. The van der Waals surface area contributed by atoms with Gasteiger partial charge in [-0.3, -0.25) is 4.79 Å². The number of hydrogen-bond acceptors (Lipinski definition) is 3. The van der Waals surface area contributed by atoms with E-state index in [2.05, 4.69) is 26.4 Å². The van der Waals surface area contributed by atoms with Gasteiger partial charge >= 0.3 is 0 Å². The van der Waals surface area contributed by atoms with E-state index in [9.17, 15) is 4.79 Å². The molecule has 0 bridgehead atoms. The lowest BCUT2D eigenvalue weighted by molar-refractivity contribution is 0.102. The second-order valence-electron chi connectivity index (χ2n) is 7.25. The molecule has 0 spiro atoms. The first-order valence-electron chi connectivity index (χ1n) is 9.90. The molecule has 0 aliphatic carbocycles. The number of rotatable bonds is 6. The van der Waals surface area contributed by atoms with Crippen LogP contribution in [0.15, 0.2) is 54.9 Å². The molecule has 29 heavy (non-hydrogen) atoms. The summed E-state index contributed by atoms with van der Waals surface area (Å²) in [7, 11) is 0. The molecule has 0 radical (unpaired) electrons. The first kappa shape index (κ1) is 18.9. The van der Waals surface area contributed by atoms with E-state index in [1.807, 2.05) is 62.5 Å². The van der Waals surface area contributed by atoms with E-state index in [0.717, 1.165) is 46.9 Å². The van der Waals surface area contributed by atoms with Crippen LogP contribution in [0.25, 0.3) is 11.0 Å². The molecular formula is C23H25N5O. The summed E-state index contributed by atoms with van der Waals surface area (Å²) >= 11 is 0. The maximum atomic E-state index is 12.6. The lowest BCUT2D eigenvalue weighted by Gasteiger charge is -2.10. The number of anilines is 1. The second-order valence-corrected chi connectivity index (χ2v) is 7.25. The Morgan fingerprint density at radius 1 is 1.14 bits per heavy atom. The summed E-state index contributed by atoms with van der Waals surface area (Å²) in [5.41, 5.74) is 4.34. The number of nitrogens with one attached hydrogen (secondary N) is 1. The van der Waals surface area contributed by atoms with Crippen LogP contribution in [0.5, 0.6) is 0 Å². The predicted molar refractivity (Wildman–Crippen MR) is 115 cm³/mol. The van der Waals surface area contributed by atoms with Gasteiger partial charge in [0.05, 0.1) is 17.6 Å². The molecule has 2 heterocycles. The molecule has 2 aromatic heterocycles. The normalized spacial score (nSPS) is 11.1. The Bertz CT molecular complexity index is 1170. The van der Waals surface area contributed by atoms with Gasteiger partial charge in [0.2, 0.25) is 0 Å². The lowest BCUT2D eigenvalue weighted by Crippen LogP contribution is -2.13. The molecular weight excluding hydrogens is 362 g/mol. The summed E-state index contributed by atoms with van der Waals surface area (Å²) in [6.07, 6.45) is 4.80. The molecule has 6 nitrogen and oxygen atoms in total. The highest BCUT2D eigenvalue weighted by Crippen LogP contribution is 2.23. The van der Waals surface area contributed by atoms with Crippen LogP contribution in [0.3, 0.4) is 0 Å². The SMILES string of the molecule is CCCn1c(Cn2ccnc2C)nc2cc(NC(=O)c3ccccc3C)ccc21. The van der Waals surface area contributed by atoms with Crippen molar-refractivity contribution in [2.45, 2.75) is 40.3 Å². The Labute approximate surface area is 170 Å². The van der Waals surface area contributed by atoms with Crippen molar-refractivity contribution in [1.82, 2.24) is 19.1 Å². The Hall–Kier alpha value is -3.41. The highest BCUT2D eigenvalue weighted by atomic mass is 16.1. The van der Waals surface area contributed by atoms with Gasteiger partial charge in [0.15, 0.2) is 0 Å². The highest BCUT2D eigenvalue weighted by Gasteiger charge is 2.14. The Balaban J connectivity index is 1.66. The molecule has 0 fully saturated rings. The van der Waals surface area contributed by atoms with Gasteiger partial charge in [-0.1, -0.05) is 25.1 Å². The van der Waals surface area contributed by atoms with Gasteiger partial charge in [0.25, 0.3) is 5.91 Å². The molecule has 0 aliphatic rings. The summed E-state index contributed by atoms with van der Waals surface area (Å²) in [5.74, 6) is 1.85. The van der Waals surface area contributed by atoms with Crippen LogP contribution >= 0.6 is 0 Å². The standard InChI is InChI=1S/C23H25N5O/c1-4-12-28-21-10-9-18(25-23(29)19-8-6-5-7-16(19)2)14-20(21)26-22(28)15-27-13-11-24-17(27)3/h5-11,13-14H,4,12,15H2,1-3H3,(H,25,29). The summed E-state index contributed by atoms with van der Waals surface area (Å²) in [6.45, 7) is 7.66. The van der Waals surface area contributed by atoms with Crippen LogP contribution in [-0.4, -0.2) is 25.0 Å². The zero-order valence-corrected chi connectivity index (χ0v) is 17.0. The fourth-order valence-corrected chi connectivity index (χ4v) is 3.60. The number of aromatic nitrogens is 4. The first-order chi connectivity index (χ1) is 14.1.